The molecule has 2 aromatic rings. The Morgan fingerprint density at radius 2 is 1.70 bits per heavy atom. The Balaban J connectivity index is 0.00000264. The van der Waals surface area contributed by atoms with E-state index in [2.05, 4.69) is 44.0 Å². The van der Waals surface area contributed by atoms with Gasteiger partial charge >= 0.3 is 0 Å². The van der Waals surface area contributed by atoms with Crippen LogP contribution in [-0.4, -0.2) is 11.9 Å². The molecule has 3 heteroatoms. The molecule has 2 aromatic carbocycles. The van der Waals surface area contributed by atoms with Crippen molar-refractivity contribution in [3.05, 3.63) is 59.7 Å². The van der Waals surface area contributed by atoms with E-state index in [1.165, 1.54) is 11.1 Å². The van der Waals surface area contributed by atoms with Crippen LogP contribution >= 0.6 is 0 Å². The quantitative estimate of drug-likeness (QED) is 0.453. The minimum absolute atomic E-state index is 0. The van der Waals surface area contributed by atoms with Crippen LogP contribution < -0.4 is 0 Å². The molecule has 0 amide bonds. The standard InChI is InChI=1S/C20H24N2.Ni/c1-4-5-9-20(22-18-10-7-6-8-11-18)15-21-19-13-12-16(2)17(3)14-19;/h6-8,10-15H,4-5,9H2,1-3H3;/b21-15+,22-20+;. The summed E-state index contributed by atoms with van der Waals surface area (Å²) in [5, 5.41) is 0. The van der Waals surface area contributed by atoms with Crippen LogP contribution in [0.15, 0.2) is 58.5 Å². The Bertz CT molecular complexity index is 661. The number of rotatable bonds is 6. The van der Waals surface area contributed by atoms with Crippen LogP contribution in [0.1, 0.15) is 37.3 Å². The van der Waals surface area contributed by atoms with Gasteiger partial charge in [0.15, 0.2) is 0 Å². The van der Waals surface area contributed by atoms with Crippen molar-refractivity contribution in [2.75, 3.05) is 0 Å². The van der Waals surface area contributed by atoms with Gasteiger partial charge in [0.1, 0.15) is 0 Å². The van der Waals surface area contributed by atoms with Gasteiger partial charge in [0.05, 0.1) is 17.1 Å². The van der Waals surface area contributed by atoms with Gasteiger partial charge in [-0.25, -0.2) is 0 Å². The fraction of sp³-hybridized carbons (Fsp3) is 0.300. The van der Waals surface area contributed by atoms with Gasteiger partial charge in [-0.3, -0.25) is 9.98 Å². The first-order valence-corrected chi connectivity index (χ1v) is 7.93. The molecule has 2 rings (SSSR count). The van der Waals surface area contributed by atoms with Gasteiger partial charge in [0.25, 0.3) is 0 Å². The second-order valence-corrected chi connectivity index (χ2v) is 5.57. The first-order chi connectivity index (χ1) is 10.7. The molecule has 23 heavy (non-hydrogen) atoms. The fourth-order valence-electron chi connectivity index (χ4n) is 2.13. The molecule has 0 aliphatic heterocycles. The molecule has 0 saturated heterocycles. The van der Waals surface area contributed by atoms with Gasteiger partial charge in [-0.2, -0.15) is 0 Å². The van der Waals surface area contributed by atoms with E-state index in [0.717, 1.165) is 36.3 Å². The Kier molecular flexibility index (Phi) is 8.50. The van der Waals surface area contributed by atoms with Crippen molar-refractivity contribution in [2.24, 2.45) is 9.98 Å². The molecular weight excluding hydrogens is 327 g/mol. The van der Waals surface area contributed by atoms with Crippen molar-refractivity contribution in [3.63, 3.8) is 0 Å². The number of nitrogens with zero attached hydrogens (tertiary/aromatic N) is 2. The predicted molar refractivity (Wildman–Crippen MR) is 97.1 cm³/mol. The Labute approximate surface area is 149 Å². The monoisotopic (exact) mass is 350 g/mol. The van der Waals surface area contributed by atoms with Crippen molar-refractivity contribution in [1.82, 2.24) is 0 Å². The zero-order valence-corrected chi connectivity index (χ0v) is 15.0. The molecule has 2 nitrogen and oxygen atoms in total. The zero-order valence-electron chi connectivity index (χ0n) is 14.0. The van der Waals surface area contributed by atoms with Crippen LogP contribution in [-0.2, 0) is 16.5 Å². The van der Waals surface area contributed by atoms with E-state index in [9.17, 15) is 0 Å². The Hall–Kier alpha value is -1.73. The second-order valence-electron chi connectivity index (χ2n) is 5.57. The number of benzene rings is 2. The van der Waals surface area contributed by atoms with Crippen LogP contribution in [0.3, 0.4) is 0 Å². The van der Waals surface area contributed by atoms with Gasteiger partial charge in [0.2, 0.25) is 0 Å². The van der Waals surface area contributed by atoms with Crippen molar-refractivity contribution in [2.45, 2.75) is 40.0 Å². The SMILES string of the molecule is CCCCC(/C=N/c1ccc(C)c(C)c1)=N\c1ccccc1.[Ni]. The largest absolute Gasteiger partial charge is 0.255 e. The first kappa shape index (κ1) is 19.3. The van der Waals surface area contributed by atoms with E-state index >= 15 is 0 Å². The summed E-state index contributed by atoms with van der Waals surface area (Å²) in [6.07, 6.45) is 5.16. The average molecular weight is 351 g/mol. The van der Waals surface area contributed by atoms with E-state index in [1.54, 1.807) is 0 Å². The third-order valence-electron chi connectivity index (χ3n) is 3.67. The van der Waals surface area contributed by atoms with E-state index in [-0.39, 0.29) is 16.5 Å². The molecule has 0 unspecified atom stereocenters. The van der Waals surface area contributed by atoms with Crippen LogP contribution in [0.5, 0.6) is 0 Å². The van der Waals surface area contributed by atoms with Gasteiger partial charge < -0.3 is 0 Å². The summed E-state index contributed by atoms with van der Waals surface area (Å²) in [7, 11) is 0. The van der Waals surface area contributed by atoms with Crippen LogP contribution in [0.4, 0.5) is 11.4 Å². The third-order valence-corrected chi connectivity index (χ3v) is 3.67. The molecule has 0 aliphatic carbocycles. The molecule has 0 radical (unpaired) electrons. The third kappa shape index (κ3) is 6.50. The maximum atomic E-state index is 4.72. The number of para-hydroxylation sites is 1. The number of aryl methyl sites for hydroxylation is 2. The molecule has 0 heterocycles. The van der Waals surface area contributed by atoms with Crippen LogP contribution in [0, 0.1) is 13.8 Å². The summed E-state index contributed by atoms with van der Waals surface area (Å²) in [6.45, 7) is 6.43. The summed E-state index contributed by atoms with van der Waals surface area (Å²) >= 11 is 0. The van der Waals surface area contributed by atoms with Crippen LogP contribution in [0.25, 0.3) is 0 Å². The summed E-state index contributed by atoms with van der Waals surface area (Å²) in [5.41, 5.74) is 5.57. The first-order valence-electron chi connectivity index (χ1n) is 7.93. The van der Waals surface area contributed by atoms with Gasteiger partial charge in [0, 0.05) is 22.7 Å². The minimum atomic E-state index is 0. The molecule has 0 fully saturated rings. The van der Waals surface area contributed by atoms with E-state index in [0.29, 0.717) is 0 Å². The van der Waals surface area contributed by atoms with Crippen LogP contribution in [0.2, 0.25) is 0 Å². The number of hydrogen-bond acceptors (Lipinski definition) is 2. The summed E-state index contributed by atoms with van der Waals surface area (Å²) in [4.78, 5) is 9.32. The smallest absolute Gasteiger partial charge is 0.0633 e. The van der Waals surface area contributed by atoms with Crippen molar-refractivity contribution in [3.8, 4) is 0 Å². The molecule has 0 atom stereocenters. The Morgan fingerprint density at radius 1 is 0.957 bits per heavy atom. The summed E-state index contributed by atoms with van der Waals surface area (Å²) in [6, 6.07) is 16.4. The number of unbranched alkanes of at least 4 members (excludes halogenated alkanes) is 1. The van der Waals surface area contributed by atoms with E-state index < -0.39 is 0 Å². The van der Waals surface area contributed by atoms with Crippen molar-refractivity contribution >= 4 is 23.3 Å². The van der Waals surface area contributed by atoms with E-state index in [1.807, 2.05) is 36.5 Å². The molecule has 0 spiro atoms. The molecular formula is C20H24N2Ni. The number of aliphatic imine (C=N–C) groups is 2. The zero-order chi connectivity index (χ0) is 15.8. The molecule has 0 bridgehead atoms. The average Bonchev–Trinajstić information content (AvgIpc) is 2.54. The number of hydrogen-bond donors (Lipinski definition) is 0. The summed E-state index contributed by atoms with van der Waals surface area (Å²) in [5.74, 6) is 0. The molecule has 0 saturated carbocycles. The van der Waals surface area contributed by atoms with Crippen molar-refractivity contribution < 1.29 is 16.5 Å². The maximum Gasteiger partial charge on any atom is 0.0633 e. The Morgan fingerprint density at radius 3 is 2.35 bits per heavy atom. The fourth-order valence-corrected chi connectivity index (χ4v) is 2.13. The van der Waals surface area contributed by atoms with Gasteiger partial charge in [-0.1, -0.05) is 37.6 Å². The second kappa shape index (κ2) is 10.1. The predicted octanol–water partition coefficient (Wildman–Crippen LogP) is 5.97. The normalized spacial score (nSPS) is 11.5. The molecule has 124 valence electrons. The van der Waals surface area contributed by atoms with E-state index in [4.69, 9.17) is 4.99 Å². The molecule has 0 aliphatic rings. The van der Waals surface area contributed by atoms with Gasteiger partial charge in [-0.15, -0.1) is 0 Å². The van der Waals surface area contributed by atoms with Crippen molar-refractivity contribution in [1.29, 1.82) is 0 Å². The van der Waals surface area contributed by atoms with Gasteiger partial charge in [-0.05, 0) is 62.1 Å². The maximum absolute atomic E-state index is 4.72. The molecule has 0 N–H and O–H groups in total. The summed E-state index contributed by atoms with van der Waals surface area (Å²) < 4.78 is 0. The minimum Gasteiger partial charge on any atom is -0.255 e. The topological polar surface area (TPSA) is 24.7 Å². The molecule has 0 aromatic heterocycles.